The number of hydrogen-bond acceptors (Lipinski definition) is 7. The van der Waals surface area contributed by atoms with Crippen molar-refractivity contribution < 1.29 is 13.9 Å². The number of benzene rings is 1. The molecule has 0 unspecified atom stereocenters. The van der Waals surface area contributed by atoms with Gasteiger partial charge in [-0.1, -0.05) is 5.21 Å². The topological polar surface area (TPSA) is 109 Å². The molecule has 0 fully saturated rings. The van der Waals surface area contributed by atoms with Gasteiger partial charge in [0.1, 0.15) is 29.5 Å². The summed E-state index contributed by atoms with van der Waals surface area (Å²) in [6.07, 6.45) is 3.14. The summed E-state index contributed by atoms with van der Waals surface area (Å²) in [5.41, 5.74) is 7.64. The molecular formula is C16H18ClN5O3. The highest BCUT2D eigenvalue weighted by molar-refractivity contribution is 5.94. The highest BCUT2D eigenvalue weighted by atomic mass is 35.5. The van der Waals surface area contributed by atoms with Gasteiger partial charge in [-0.2, -0.15) is 0 Å². The molecule has 3 rings (SSSR count). The number of carbonyl (C=O) groups is 1. The van der Waals surface area contributed by atoms with E-state index >= 15 is 0 Å². The summed E-state index contributed by atoms with van der Waals surface area (Å²) in [7, 11) is 0. The smallest absolute Gasteiger partial charge is 0.181 e. The lowest BCUT2D eigenvalue weighted by atomic mass is 10.1. The van der Waals surface area contributed by atoms with Crippen LogP contribution in [0.1, 0.15) is 34.4 Å². The summed E-state index contributed by atoms with van der Waals surface area (Å²) >= 11 is 0. The van der Waals surface area contributed by atoms with Crippen LogP contribution in [0.25, 0.3) is 0 Å². The zero-order chi connectivity index (χ0) is 16.9. The van der Waals surface area contributed by atoms with Crippen molar-refractivity contribution in [2.24, 2.45) is 5.73 Å². The predicted octanol–water partition coefficient (Wildman–Crippen LogP) is 1.98. The normalized spacial score (nSPS) is 10.3. The van der Waals surface area contributed by atoms with Crippen LogP contribution in [0.2, 0.25) is 0 Å². The SMILES string of the molecule is CC(=O)c1ccc(OCc2cn(Cc3ncoc3CN)nn2)cc1.Cl. The highest BCUT2D eigenvalue weighted by Gasteiger charge is 2.09. The Labute approximate surface area is 150 Å². The molecule has 2 heterocycles. The first-order valence-electron chi connectivity index (χ1n) is 7.40. The molecular weight excluding hydrogens is 346 g/mol. The van der Waals surface area contributed by atoms with Crippen LogP contribution < -0.4 is 10.5 Å². The lowest BCUT2D eigenvalue weighted by Crippen LogP contribution is -2.06. The number of ether oxygens (including phenoxy) is 1. The van der Waals surface area contributed by atoms with E-state index in [1.54, 1.807) is 35.1 Å². The largest absolute Gasteiger partial charge is 0.487 e. The quantitative estimate of drug-likeness (QED) is 0.639. The van der Waals surface area contributed by atoms with Gasteiger partial charge in [-0.15, -0.1) is 17.5 Å². The van der Waals surface area contributed by atoms with Crippen molar-refractivity contribution in [3.8, 4) is 5.75 Å². The third-order valence-electron chi connectivity index (χ3n) is 3.46. The summed E-state index contributed by atoms with van der Waals surface area (Å²) in [4.78, 5) is 15.3. The Balaban J connectivity index is 0.00000225. The van der Waals surface area contributed by atoms with Crippen LogP contribution in [-0.2, 0) is 19.7 Å². The summed E-state index contributed by atoms with van der Waals surface area (Å²) < 4.78 is 12.5. The third kappa shape index (κ3) is 4.65. The molecule has 8 nitrogen and oxygen atoms in total. The predicted molar refractivity (Wildman–Crippen MR) is 91.5 cm³/mol. The molecule has 0 aliphatic carbocycles. The lowest BCUT2D eigenvalue weighted by molar-refractivity contribution is 0.101. The van der Waals surface area contributed by atoms with Crippen LogP contribution in [0.5, 0.6) is 5.75 Å². The second kappa shape index (κ2) is 8.41. The minimum Gasteiger partial charge on any atom is -0.487 e. The molecule has 0 aliphatic heterocycles. The Hall–Kier alpha value is -2.71. The van der Waals surface area contributed by atoms with Gasteiger partial charge in [0.25, 0.3) is 0 Å². The Morgan fingerprint density at radius 1 is 1.32 bits per heavy atom. The molecule has 1 aromatic carbocycles. The van der Waals surface area contributed by atoms with Crippen molar-refractivity contribution in [2.75, 3.05) is 0 Å². The minimum atomic E-state index is 0. The number of ketones is 1. The number of nitrogens with zero attached hydrogens (tertiary/aromatic N) is 4. The molecule has 25 heavy (non-hydrogen) atoms. The Morgan fingerprint density at radius 3 is 2.76 bits per heavy atom. The van der Waals surface area contributed by atoms with Gasteiger partial charge in [0.2, 0.25) is 0 Å². The fourth-order valence-electron chi connectivity index (χ4n) is 2.17. The van der Waals surface area contributed by atoms with Gasteiger partial charge < -0.3 is 14.9 Å². The van der Waals surface area contributed by atoms with E-state index in [-0.39, 0.29) is 31.3 Å². The van der Waals surface area contributed by atoms with E-state index in [9.17, 15) is 4.79 Å². The van der Waals surface area contributed by atoms with Crippen LogP contribution in [-0.4, -0.2) is 25.8 Å². The van der Waals surface area contributed by atoms with E-state index in [1.165, 1.54) is 13.3 Å². The number of nitrogens with two attached hydrogens (primary N) is 1. The van der Waals surface area contributed by atoms with Gasteiger partial charge in [-0.3, -0.25) is 4.79 Å². The van der Waals surface area contributed by atoms with Gasteiger partial charge in [0.15, 0.2) is 12.2 Å². The first kappa shape index (κ1) is 18.6. The van der Waals surface area contributed by atoms with Crippen molar-refractivity contribution in [1.82, 2.24) is 20.0 Å². The monoisotopic (exact) mass is 363 g/mol. The first-order valence-corrected chi connectivity index (χ1v) is 7.40. The number of carbonyl (C=O) groups excluding carboxylic acids is 1. The van der Waals surface area contributed by atoms with Gasteiger partial charge in [-0.05, 0) is 31.2 Å². The summed E-state index contributed by atoms with van der Waals surface area (Å²) in [5, 5.41) is 8.09. The Kier molecular flexibility index (Phi) is 6.26. The van der Waals surface area contributed by atoms with E-state index < -0.39 is 0 Å². The maximum Gasteiger partial charge on any atom is 0.181 e. The number of Topliss-reactive ketones (excluding diaryl/α,β-unsaturated/α-hetero) is 1. The molecule has 2 N–H and O–H groups in total. The van der Waals surface area contributed by atoms with Crippen LogP contribution in [0.15, 0.2) is 41.3 Å². The second-order valence-electron chi connectivity index (χ2n) is 5.20. The molecule has 9 heteroatoms. The second-order valence-corrected chi connectivity index (χ2v) is 5.20. The molecule has 0 atom stereocenters. The average Bonchev–Trinajstić information content (AvgIpc) is 3.22. The van der Waals surface area contributed by atoms with E-state index in [0.717, 1.165) is 5.69 Å². The van der Waals surface area contributed by atoms with E-state index in [4.69, 9.17) is 14.9 Å². The number of oxazole rings is 1. The summed E-state index contributed by atoms with van der Waals surface area (Å²) in [5.74, 6) is 1.32. The van der Waals surface area contributed by atoms with Crippen molar-refractivity contribution in [1.29, 1.82) is 0 Å². The minimum absolute atomic E-state index is 0. The third-order valence-corrected chi connectivity index (χ3v) is 3.46. The molecule has 132 valence electrons. The number of aromatic nitrogens is 4. The van der Waals surface area contributed by atoms with Gasteiger partial charge >= 0.3 is 0 Å². The van der Waals surface area contributed by atoms with E-state index in [1.807, 2.05) is 0 Å². The fourth-order valence-corrected chi connectivity index (χ4v) is 2.17. The number of rotatable bonds is 7. The standard InChI is InChI=1S/C16H17N5O3.ClH/c1-11(22)12-2-4-14(5-3-12)23-9-13-7-21(20-19-13)8-15-16(6-17)24-10-18-15;/h2-5,7,10H,6,8-9,17H2,1H3;1H. The average molecular weight is 364 g/mol. The lowest BCUT2D eigenvalue weighted by Gasteiger charge is -2.04. The van der Waals surface area contributed by atoms with Crippen LogP contribution in [0.4, 0.5) is 0 Å². The molecule has 0 spiro atoms. The van der Waals surface area contributed by atoms with Crippen molar-refractivity contribution in [3.05, 3.63) is 59.6 Å². The number of halogens is 1. The summed E-state index contributed by atoms with van der Waals surface area (Å²) in [6, 6.07) is 6.97. The molecule has 3 aromatic rings. The maximum absolute atomic E-state index is 11.2. The first-order chi connectivity index (χ1) is 11.7. The number of hydrogen-bond donors (Lipinski definition) is 1. The fraction of sp³-hybridized carbons (Fsp3) is 0.250. The van der Waals surface area contributed by atoms with Crippen molar-refractivity contribution in [3.63, 3.8) is 0 Å². The van der Waals surface area contributed by atoms with Crippen molar-refractivity contribution in [2.45, 2.75) is 26.6 Å². The van der Waals surface area contributed by atoms with Crippen molar-refractivity contribution >= 4 is 18.2 Å². The Bertz CT molecular complexity index is 828. The summed E-state index contributed by atoms with van der Waals surface area (Å²) in [6.45, 7) is 2.53. The molecule has 0 bridgehead atoms. The molecule has 0 saturated carbocycles. The molecule has 0 amide bonds. The zero-order valence-corrected chi connectivity index (χ0v) is 14.4. The molecule has 2 aromatic heterocycles. The molecule has 0 radical (unpaired) electrons. The zero-order valence-electron chi connectivity index (χ0n) is 13.6. The Morgan fingerprint density at radius 2 is 2.08 bits per heavy atom. The van der Waals surface area contributed by atoms with Crippen LogP contribution in [0.3, 0.4) is 0 Å². The molecule has 0 aliphatic rings. The van der Waals surface area contributed by atoms with Crippen LogP contribution >= 0.6 is 12.4 Å². The van der Waals surface area contributed by atoms with Crippen LogP contribution in [0, 0.1) is 0 Å². The van der Waals surface area contributed by atoms with E-state index in [2.05, 4.69) is 15.3 Å². The van der Waals surface area contributed by atoms with Gasteiger partial charge in [0, 0.05) is 5.56 Å². The van der Waals surface area contributed by atoms with E-state index in [0.29, 0.717) is 29.3 Å². The van der Waals surface area contributed by atoms with Gasteiger partial charge in [-0.25, -0.2) is 9.67 Å². The highest BCUT2D eigenvalue weighted by Crippen LogP contribution is 2.14. The molecule has 0 saturated heterocycles. The maximum atomic E-state index is 11.2. The van der Waals surface area contributed by atoms with Gasteiger partial charge in [0.05, 0.1) is 19.3 Å².